The number of benzene rings is 2. The number of hydrogen-bond acceptors (Lipinski definition) is 2. The summed E-state index contributed by atoms with van der Waals surface area (Å²) in [4.78, 5) is 10.4. The molecule has 2 saturated carbocycles. The van der Waals surface area contributed by atoms with Crippen molar-refractivity contribution in [2.75, 3.05) is 0 Å². The summed E-state index contributed by atoms with van der Waals surface area (Å²) in [6.45, 7) is 0. The highest BCUT2D eigenvalue weighted by molar-refractivity contribution is 6.14. The van der Waals surface area contributed by atoms with E-state index in [0.29, 0.717) is 0 Å². The van der Waals surface area contributed by atoms with Crippen LogP contribution in [0.25, 0.3) is 0 Å². The van der Waals surface area contributed by atoms with E-state index in [1.54, 1.807) is 0 Å². The van der Waals surface area contributed by atoms with Gasteiger partial charge in [-0.3, -0.25) is 9.98 Å². The SMILES string of the molecule is c1ccc2c(c1)N=C1CCCC[C@]12[C@]12CCCCC1=Nc1ccccc12. The Morgan fingerprint density at radius 2 is 1.04 bits per heavy atom. The van der Waals surface area contributed by atoms with Crippen molar-refractivity contribution in [3.05, 3.63) is 59.7 Å². The predicted molar refractivity (Wildman–Crippen MR) is 107 cm³/mol. The van der Waals surface area contributed by atoms with Gasteiger partial charge in [-0.25, -0.2) is 0 Å². The zero-order valence-electron chi connectivity index (χ0n) is 15.2. The summed E-state index contributed by atoms with van der Waals surface area (Å²) in [6, 6.07) is 17.9. The second kappa shape index (κ2) is 5.16. The number of aliphatic imine (C=N–C) groups is 2. The molecule has 26 heavy (non-hydrogen) atoms. The van der Waals surface area contributed by atoms with Gasteiger partial charge in [0.25, 0.3) is 0 Å². The predicted octanol–water partition coefficient (Wildman–Crippen LogP) is 6.18. The highest BCUT2D eigenvalue weighted by atomic mass is 14.9. The molecule has 2 aliphatic heterocycles. The molecule has 2 aliphatic carbocycles. The van der Waals surface area contributed by atoms with E-state index in [0.717, 1.165) is 12.8 Å². The quantitative estimate of drug-likeness (QED) is 0.592. The molecule has 2 nitrogen and oxygen atoms in total. The summed E-state index contributed by atoms with van der Waals surface area (Å²) >= 11 is 0. The molecule has 2 fully saturated rings. The molecule has 130 valence electrons. The zero-order chi connectivity index (χ0) is 17.2. The van der Waals surface area contributed by atoms with Crippen molar-refractivity contribution in [1.29, 1.82) is 0 Å². The molecular formula is C24H24N2. The third kappa shape index (κ3) is 1.60. The topological polar surface area (TPSA) is 24.7 Å². The molecule has 2 aromatic rings. The van der Waals surface area contributed by atoms with Crippen LogP contribution in [0.2, 0.25) is 0 Å². The molecule has 2 heteroatoms. The van der Waals surface area contributed by atoms with Crippen LogP contribution in [0, 0.1) is 0 Å². The molecule has 4 aliphatic rings. The first-order valence-electron chi connectivity index (χ1n) is 10.2. The number of fused-ring (bicyclic) bond motifs is 7. The Balaban J connectivity index is 1.70. The number of nitrogens with zero attached hydrogens (tertiary/aromatic N) is 2. The van der Waals surface area contributed by atoms with Gasteiger partial charge in [-0.1, -0.05) is 49.2 Å². The third-order valence-electron chi connectivity index (χ3n) is 7.38. The Morgan fingerprint density at radius 3 is 1.54 bits per heavy atom. The van der Waals surface area contributed by atoms with Crippen molar-refractivity contribution in [2.45, 2.75) is 62.2 Å². The summed E-state index contributed by atoms with van der Waals surface area (Å²) in [5.41, 5.74) is 8.33. The molecular weight excluding hydrogens is 316 g/mol. The van der Waals surface area contributed by atoms with E-state index in [2.05, 4.69) is 48.5 Å². The van der Waals surface area contributed by atoms with Crippen LogP contribution in [0.4, 0.5) is 11.4 Å². The minimum absolute atomic E-state index is 0.0354. The molecule has 2 atom stereocenters. The van der Waals surface area contributed by atoms with Gasteiger partial charge in [0.05, 0.1) is 22.2 Å². The second-order valence-corrected chi connectivity index (χ2v) is 8.38. The molecule has 2 aromatic carbocycles. The normalized spacial score (nSPS) is 31.4. The van der Waals surface area contributed by atoms with Crippen LogP contribution in [-0.4, -0.2) is 11.4 Å². The van der Waals surface area contributed by atoms with Crippen LogP contribution in [-0.2, 0) is 10.8 Å². The Labute approximate surface area is 155 Å². The standard InChI is InChI=1S/C24H24N2/c1-3-11-19-17(9-1)23(15-7-5-13-21(23)25-19)24-16-8-6-14-22(24)26-20-12-4-2-10-18(20)24/h1-4,9-12H,5-8,13-16H2/t23-,24+. The number of hydrogen-bond donors (Lipinski definition) is 0. The van der Waals surface area contributed by atoms with E-state index in [-0.39, 0.29) is 10.8 Å². The van der Waals surface area contributed by atoms with Crippen LogP contribution < -0.4 is 0 Å². The molecule has 0 radical (unpaired) electrons. The Morgan fingerprint density at radius 1 is 0.577 bits per heavy atom. The summed E-state index contributed by atoms with van der Waals surface area (Å²) in [6.07, 6.45) is 9.87. The molecule has 0 N–H and O–H groups in total. The summed E-state index contributed by atoms with van der Waals surface area (Å²) in [5.74, 6) is 0. The maximum Gasteiger partial charge on any atom is 0.0671 e. The molecule has 6 rings (SSSR count). The minimum Gasteiger partial charge on any atom is -0.257 e. The third-order valence-corrected chi connectivity index (χ3v) is 7.38. The van der Waals surface area contributed by atoms with E-state index in [4.69, 9.17) is 9.98 Å². The summed E-state index contributed by atoms with van der Waals surface area (Å²) < 4.78 is 0. The van der Waals surface area contributed by atoms with Gasteiger partial charge < -0.3 is 0 Å². The molecule has 2 heterocycles. The van der Waals surface area contributed by atoms with Crippen molar-refractivity contribution >= 4 is 22.8 Å². The monoisotopic (exact) mass is 340 g/mol. The fourth-order valence-electron chi connectivity index (χ4n) is 6.50. The van der Waals surface area contributed by atoms with Gasteiger partial charge in [0, 0.05) is 11.4 Å². The largest absolute Gasteiger partial charge is 0.257 e. The van der Waals surface area contributed by atoms with Crippen molar-refractivity contribution < 1.29 is 0 Å². The van der Waals surface area contributed by atoms with Crippen LogP contribution in [0.15, 0.2) is 58.5 Å². The van der Waals surface area contributed by atoms with E-state index in [9.17, 15) is 0 Å². The first kappa shape index (κ1) is 14.9. The maximum atomic E-state index is 5.21. The molecule has 0 unspecified atom stereocenters. The maximum absolute atomic E-state index is 5.21. The highest BCUT2D eigenvalue weighted by Crippen LogP contribution is 2.64. The summed E-state index contributed by atoms with van der Waals surface area (Å²) in [5, 5.41) is 0. The average molecular weight is 340 g/mol. The lowest BCUT2D eigenvalue weighted by Crippen LogP contribution is -2.58. The fraction of sp³-hybridized carbons (Fsp3) is 0.417. The first-order chi connectivity index (χ1) is 12.9. The molecule has 0 amide bonds. The van der Waals surface area contributed by atoms with Crippen LogP contribution in [0.3, 0.4) is 0 Å². The van der Waals surface area contributed by atoms with Crippen LogP contribution in [0.1, 0.15) is 62.5 Å². The summed E-state index contributed by atoms with van der Waals surface area (Å²) in [7, 11) is 0. The van der Waals surface area contributed by atoms with E-state index < -0.39 is 0 Å². The van der Waals surface area contributed by atoms with Gasteiger partial charge in [0.1, 0.15) is 0 Å². The highest BCUT2D eigenvalue weighted by Gasteiger charge is 2.63. The average Bonchev–Trinajstić information content (AvgIpc) is 3.22. The smallest absolute Gasteiger partial charge is 0.0671 e. The minimum atomic E-state index is 0.0354. The van der Waals surface area contributed by atoms with E-state index in [1.807, 2.05) is 0 Å². The number of para-hydroxylation sites is 2. The first-order valence-corrected chi connectivity index (χ1v) is 10.2. The number of rotatable bonds is 1. The fourth-order valence-corrected chi connectivity index (χ4v) is 6.50. The van der Waals surface area contributed by atoms with Crippen molar-refractivity contribution in [3.8, 4) is 0 Å². The van der Waals surface area contributed by atoms with Gasteiger partial charge in [-0.15, -0.1) is 0 Å². The Kier molecular flexibility index (Phi) is 2.95. The zero-order valence-corrected chi connectivity index (χ0v) is 15.2. The van der Waals surface area contributed by atoms with Gasteiger partial charge >= 0.3 is 0 Å². The Hall–Kier alpha value is -2.22. The van der Waals surface area contributed by atoms with Gasteiger partial charge in [0.15, 0.2) is 0 Å². The lowest BCUT2D eigenvalue weighted by atomic mass is 9.47. The second-order valence-electron chi connectivity index (χ2n) is 8.38. The van der Waals surface area contributed by atoms with E-state index in [1.165, 1.54) is 72.4 Å². The van der Waals surface area contributed by atoms with Crippen molar-refractivity contribution in [2.24, 2.45) is 9.98 Å². The molecule has 0 spiro atoms. The molecule has 0 aromatic heterocycles. The van der Waals surface area contributed by atoms with Crippen LogP contribution in [0.5, 0.6) is 0 Å². The molecule has 0 saturated heterocycles. The van der Waals surface area contributed by atoms with Crippen molar-refractivity contribution in [3.63, 3.8) is 0 Å². The van der Waals surface area contributed by atoms with Crippen molar-refractivity contribution in [1.82, 2.24) is 0 Å². The lowest BCUT2D eigenvalue weighted by Gasteiger charge is -2.53. The lowest BCUT2D eigenvalue weighted by molar-refractivity contribution is 0.294. The van der Waals surface area contributed by atoms with Gasteiger partial charge in [-0.2, -0.15) is 0 Å². The molecule has 0 bridgehead atoms. The van der Waals surface area contributed by atoms with Gasteiger partial charge in [-0.05, 0) is 61.8 Å². The van der Waals surface area contributed by atoms with E-state index >= 15 is 0 Å². The van der Waals surface area contributed by atoms with Gasteiger partial charge in [0.2, 0.25) is 0 Å². The Bertz CT molecular complexity index is 890. The van der Waals surface area contributed by atoms with Crippen LogP contribution >= 0.6 is 0 Å².